The zero-order chi connectivity index (χ0) is 10.6. The lowest BCUT2D eigenvalue weighted by Crippen LogP contribution is -2.20. The maximum Gasteiger partial charge on any atom is 0.0847 e. The molecule has 1 aromatic rings. The van der Waals surface area contributed by atoms with Crippen LogP contribution in [0.3, 0.4) is 0 Å². The van der Waals surface area contributed by atoms with Crippen LogP contribution in [0.2, 0.25) is 0 Å². The van der Waals surface area contributed by atoms with Gasteiger partial charge in [0.2, 0.25) is 0 Å². The Morgan fingerprint density at radius 2 is 2.07 bits per heavy atom. The minimum absolute atomic E-state index is 0.241. The van der Waals surface area contributed by atoms with Crippen molar-refractivity contribution >= 4 is 49.1 Å². The van der Waals surface area contributed by atoms with Gasteiger partial charge in [-0.25, -0.2) is 0 Å². The Morgan fingerprint density at radius 3 is 2.64 bits per heavy atom. The van der Waals surface area contributed by atoms with E-state index in [-0.39, 0.29) is 5.88 Å². The second kappa shape index (κ2) is 5.95. The molecule has 0 heterocycles. The Hall–Kier alpha value is 0.230. The van der Waals surface area contributed by atoms with Gasteiger partial charge in [-0.2, -0.15) is 0 Å². The van der Waals surface area contributed by atoms with Gasteiger partial charge >= 0.3 is 0 Å². The first-order chi connectivity index (χ1) is 6.63. The minimum atomic E-state index is -0.515. The molecule has 0 aliphatic rings. The summed E-state index contributed by atoms with van der Waals surface area (Å²) >= 11 is 12.2. The van der Waals surface area contributed by atoms with E-state index in [1.165, 1.54) is 0 Å². The van der Waals surface area contributed by atoms with Gasteiger partial charge in [0.05, 0.1) is 12.0 Å². The summed E-state index contributed by atoms with van der Waals surface area (Å²) in [5.41, 5.74) is 0.948. The maximum absolute atomic E-state index is 9.23. The quantitative estimate of drug-likeness (QED) is 0.823. The minimum Gasteiger partial charge on any atom is -0.390 e. The zero-order valence-electron chi connectivity index (χ0n) is 7.30. The summed E-state index contributed by atoms with van der Waals surface area (Å²) in [4.78, 5) is 0. The summed E-state index contributed by atoms with van der Waals surface area (Å²) in [5, 5.41) is 12.3. The Labute approximate surface area is 105 Å². The smallest absolute Gasteiger partial charge is 0.0847 e. The Bertz CT molecular complexity index is 309. The Balaban J connectivity index is 2.55. The molecule has 0 radical (unpaired) electrons. The number of benzene rings is 1. The number of aliphatic hydroxyl groups is 1. The van der Waals surface area contributed by atoms with E-state index in [0.717, 1.165) is 14.6 Å². The molecule has 0 spiro atoms. The molecule has 0 aliphatic carbocycles. The fourth-order valence-corrected chi connectivity index (χ4v) is 1.63. The van der Waals surface area contributed by atoms with Crippen LogP contribution in [0.4, 0.5) is 5.69 Å². The van der Waals surface area contributed by atoms with Crippen LogP contribution in [0.1, 0.15) is 0 Å². The van der Waals surface area contributed by atoms with Crippen LogP contribution < -0.4 is 5.32 Å². The van der Waals surface area contributed by atoms with E-state index < -0.39 is 6.10 Å². The third-order valence-electron chi connectivity index (χ3n) is 1.64. The standard InChI is InChI=1S/C9H10Br2ClNO/c10-8-2-1-6(3-9(8)11)13-5-7(14)4-12/h1-3,7,13-14H,4-5H2. The molecule has 0 aromatic heterocycles. The van der Waals surface area contributed by atoms with Gasteiger partial charge in [-0.15, -0.1) is 11.6 Å². The van der Waals surface area contributed by atoms with E-state index in [9.17, 15) is 5.11 Å². The molecule has 0 amide bonds. The van der Waals surface area contributed by atoms with Gasteiger partial charge in [0.25, 0.3) is 0 Å². The molecule has 1 unspecified atom stereocenters. The summed E-state index contributed by atoms with van der Waals surface area (Å²) < 4.78 is 1.98. The second-order valence-corrected chi connectivity index (χ2v) is 4.84. The van der Waals surface area contributed by atoms with Crippen LogP contribution in [0.5, 0.6) is 0 Å². The molecule has 0 saturated heterocycles. The number of rotatable bonds is 4. The molecule has 2 N–H and O–H groups in total. The largest absolute Gasteiger partial charge is 0.390 e. The number of hydrogen-bond acceptors (Lipinski definition) is 2. The van der Waals surface area contributed by atoms with Crippen molar-refractivity contribution in [2.24, 2.45) is 0 Å². The summed E-state index contributed by atoms with van der Waals surface area (Å²) in [7, 11) is 0. The molecular weight excluding hydrogens is 333 g/mol. The molecule has 1 aromatic carbocycles. The number of halogens is 3. The van der Waals surface area contributed by atoms with Crippen LogP contribution in [-0.4, -0.2) is 23.6 Å². The van der Waals surface area contributed by atoms with Crippen molar-refractivity contribution in [3.05, 3.63) is 27.1 Å². The number of hydrogen-bond donors (Lipinski definition) is 2. The Morgan fingerprint density at radius 1 is 1.36 bits per heavy atom. The zero-order valence-corrected chi connectivity index (χ0v) is 11.2. The normalized spacial score (nSPS) is 12.6. The number of aliphatic hydroxyl groups excluding tert-OH is 1. The van der Waals surface area contributed by atoms with Crippen LogP contribution in [0.15, 0.2) is 27.1 Å². The monoisotopic (exact) mass is 341 g/mol. The van der Waals surface area contributed by atoms with Crippen molar-refractivity contribution in [2.75, 3.05) is 17.7 Å². The first-order valence-electron chi connectivity index (χ1n) is 4.06. The van der Waals surface area contributed by atoms with Crippen LogP contribution in [-0.2, 0) is 0 Å². The molecule has 0 fully saturated rings. The first-order valence-corrected chi connectivity index (χ1v) is 6.18. The van der Waals surface area contributed by atoms with Crippen LogP contribution in [0.25, 0.3) is 0 Å². The number of nitrogens with one attached hydrogen (secondary N) is 1. The highest BCUT2D eigenvalue weighted by molar-refractivity contribution is 9.13. The summed E-state index contributed by atoms with van der Waals surface area (Å²) in [6, 6.07) is 5.79. The van der Waals surface area contributed by atoms with Gasteiger partial charge in [-0.05, 0) is 50.1 Å². The average Bonchev–Trinajstić information content (AvgIpc) is 2.19. The molecular formula is C9H10Br2ClNO. The van der Waals surface area contributed by atoms with Gasteiger partial charge in [0, 0.05) is 21.2 Å². The second-order valence-electron chi connectivity index (χ2n) is 2.82. The topological polar surface area (TPSA) is 32.3 Å². The average molecular weight is 343 g/mol. The van der Waals surface area contributed by atoms with Gasteiger partial charge in [0.15, 0.2) is 0 Å². The summed E-state index contributed by atoms with van der Waals surface area (Å²) in [5.74, 6) is 0.241. The van der Waals surface area contributed by atoms with E-state index in [2.05, 4.69) is 37.2 Å². The van der Waals surface area contributed by atoms with E-state index >= 15 is 0 Å². The van der Waals surface area contributed by atoms with Gasteiger partial charge in [-0.3, -0.25) is 0 Å². The third-order valence-corrected chi connectivity index (χ3v) is 3.88. The molecule has 0 saturated carbocycles. The predicted molar refractivity (Wildman–Crippen MR) is 67.1 cm³/mol. The molecule has 0 bridgehead atoms. The molecule has 1 atom stereocenters. The molecule has 14 heavy (non-hydrogen) atoms. The van der Waals surface area contributed by atoms with E-state index in [0.29, 0.717) is 6.54 Å². The van der Waals surface area contributed by atoms with E-state index in [1.54, 1.807) is 0 Å². The van der Waals surface area contributed by atoms with Crippen LogP contribution in [0, 0.1) is 0 Å². The Kier molecular flexibility index (Phi) is 5.23. The van der Waals surface area contributed by atoms with Crippen molar-refractivity contribution in [2.45, 2.75) is 6.10 Å². The highest BCUT2D eigenvalue weighted by Crippen LogP contribution is 2.25. The molecule has 2 nitrogen and oxygen atoms in total. The first kappa shape index (κ1) is 12.3. The molecule has 78 valence electrons. The third kappa shape index (κ3) is 3.77. The lowest BCUT2D eigenvalue weighted by atomic mass is 10.3. The van der Waals surface area contributed by atoms with Crippen molar-refractivity contribution in [1.29, 1.82) is 0 Å². The SMILES string of the molecule is OC(CCl)CNc1ccc(Br)c(Br)c1. The summed E-state index contributed by atoms with van der Waals surface area (Å²) in [6.07, 6.45) is -0.515. The van der Waals surface area contributed by atoms with Crippen molar-refractivity contribution in [3.63, 3.8) is 0 Å². The van der Waals surface area contributed by atoms with E-state index in [4.69, 9.17) is 11.6 Å². The fraction of sp³-hybridized carbons (Fsp3) is 0.333. The molecule has 5 heteroatoms. The predicted octanol–water partition coefficient (Wildman–Crippen LogP) is 3.22. The highest BCUT2D eigenvalue weighted by Gasteiger charge is 2.02. The van der Waals surface area contributed by atoms with Gasteiger partial charge in [0.1, 0.15) is 0 Å². The van der Waals surface area contributed by atoms with Crippen LogP contribution >= 0.6 is 43.5 Å². The summed E-state index contributed by atoms with van der Waals surface area (Å²) in [6.45, 7) is 0.456. The molecule has 1 rings (SSSR count). The van der Waals surface area contributed by atoms with Gasteiger partial charge < -0.3 is 10.4 Å². The lowest BCUT2D eigenvalue weighted by Gasteiger charge is -2.10. The van der Waals surface area contributed by atoms with Crippen molar-refractivity contribution in [3.8, 4) is 0 Å². The maximum atomic E-state index is 9.23. The molecule has 0 aliphatic heterocycles. The highest BCUT2D eigenvalue weighted by atomic mass is 79.9. The number of anilines is 1. The fourth-order valence-electron chi connectivity index (χ4n) is 0.896. The van der Waals surface area contributed by atoms with Gasteiger partial charge in [-0.1, -0.05) is 0 Å². The van der Waals surface area contributed by atoms with Crippen molar-refractivity contribution in [1.82, 2.24) is 0 Å². The van der Waals surface area contributed by atoms with Crippen molar-refractivity contribution < 1.29 is 5.11 Å². The lowest BCUT2D eigenvalue weighted by molar-refractivity contribution is 0.211. The number of alkyl halides is 1. The van der Waals surface area contributed by atoms with E-state index in [1.807, 2.05) is 18.2 Å².